The fourth-order valence-electron chi connectivity index (χ4n) is 3.41. The van der Waals surface area contributed by atoms with E-state index in [0.717, 1.165) is 37.7 Å². The predicted molar refractivity (Wildman–Crippen MR) is 133 cm³/mol. The van der Waals surface area contributed by atoms with Crippen LogP contribution in [0.4, 0.5) is 0 Å². The van der Waals surface area contributed by atoms with Crippen LogP contribution in [0.15, 0.2) is 52.4 Å². The van der Waals surface area contributed by atoms with E-state index in [1.807, 2.05) is 26.0 Å². The van der Waals surface area contributed by atoms with Gasteiger partial charge in [-0.05, 0) is 49.9 Å². The van der Waals surface area contributed by atoms with Crippen LogP contribution in [0.2, 0.25) is 0 Å². The molecule has 1 fully saturated rings. The Morgan fingerprint density at radius 3 is 2.34 bits per heavy atom. The molecule has 2 aromatic rings. The van der Waals surface area contributed by atoms with Gasteiger partial charge < -0.3 is 25.7 Å². The molecule has 10 heteroatoms. The van der Waals surface area contributed by atoms with Crippen LogP contribution in [-0.4, -0.2) is 52.0 Å². The lowest BCUT2D eigenvalue weighted by Crippen LogP contribution is -2.11. The lowest BCUT2D eigenvalue weighted by atomic mass is 10.1. The zero-order chi connectivity index (χ0) is 26.2. The number of nitrogens with two attached hydrogens (primary N) is 1. The maximum absolute atomic E-state index is 12.3. The van der Waals surface area contributed by atoms with Crippen LogP contribution in [0.3, 0.4) is 0 Å². The van der Waals surface area contributed by atoms with Crippen LogP contribution in [0.25, 0.3) is 0 Å². The number of aliphatic hydroxyl groups excluding tert-OH is 1. The summed E-state index contributed by atoms with van der Waals surface area (Å²) in [6.45, 7) is 7.30. The van der Waals surface area contributed by atoms with Gasteiger partial charge in [-0.2, -0.15) is 4.99 Å². The molecule has 0 aliphatic carbocycles. The number of amidine groups is 1. The Hall–Kier alpha value is -3.81. The van der Waals surface area contributed by atoms with Gasteiger partial charge in [-0.1, -0.05) is 32.0 Å². The number of carboxylic acids is 1. The van der Waals surface area contributed by atoms with Gasteiger partial charge >= 0.3 is 5.97 Å². The summed E-state index contributed by atoms with van der Waals surface area (Å²) in [4.78, 5) is 33.7. The van der Waals surface area contributed by atoms with Crippen LogP contribution >= 0.6 is 0 Å². The number of hydrogen-bond acceptors (Lipinski definition) is 5. The van der Waals surface area contributed by atoms with Gasteiger partial charge in [0.2, 0.25) is 0 Å². The molecule has 0 bridgehead atoms. The van der Waals surface area contributed by atoms with Gasteiger partial charge in [0.1, 0.15) is 0 Å². The molecule has 1 aliphatic heterocycles. The van der Waals surface area contributed by atoms with Crippen molar-refractivity contribution in [1.29, 1.82) is 5.26 Å². The average Bonchev–Trinajstić information content (AvgIpc) is 3.56. The van der Waals surface area contributed by atoms with Gasteiger partial charge in [0.25, 0.3) is 5.91 Å². The van der Waals surface area contributed by atoms with E-state index in [1.165, 1.54) is 0 Å². The van der Waals surface area contributed by atoms with Crippen LogP contribution in [0.1, 0.15) is 67.4 Å². The summed E-state index contributed by atoms with van der Waals surface area (Å²) >= 11 is 0. The number of aliphatic hydroxyl groups is 1. The summed E-state index contributed by atoms with van der Waals surface area (Å²) in [5.41, 5.74) is 7.31. The first kappa shape index (κ1) is 29.2. The molecule has 35 heavy (non-hydrogen) atoms. The lowest BCUT2D eigenvalue weighted by molar-refractivity contribution is -0.141. The van der Waals surface area contributed by atoms with Crippen molar-refractivity contribution in [2.24, 2.45) is 21.6 Å². The van der Waals surface area contributed by atoms with Crippen molar-refractivity contribution >= 4 is 24.1 Å². The summed E-state index contributed by atoms with van der Waals surface area (Å²) in [7, 11) is 0. The Balaban J connectivity index is 0.000000523. The zero-order valence-electron chi connectivity index (χ0n) is 20.0. The number of aromatic nitrogens is 1. The number of aromatic amines is 1. The second-order valence-corrected chi connectivity index (χ2v) is 7.57. The maximum Gasteiger partial charge on any atom is 0.306 e. The molecule has 10 nitrogen and oxygen atoms in total. The van der Waals surface area contributed by atoms with Crippen molar-refractivity contribution in [1.82, 2.24) is 4.98 Å². The first-order valence-electron chi connectivity index (χ1n) is 11.3. The molecule has 1 saturated heterocycles. The SMILES string of the molecule is C#N.CCC(CC)C(=O)O.NC=NC(=NC(=O)c1ccccc1)c1ccc(C2CCC(CO)O2)[nH]1. The molecule has 1 aromatic heterocycles. The minimum atomic E-state index is -0.671. The summed E-state index contributed by atoms with van der Waals surface area (Å²) in [5, 5.41) is 24.0. The molecule has 2 atom stereocenters. The highest BCUT2D eigenvalue weighted by molar-refractivity contribution is 6.10. The summed E-state index contributed by atoms with van der Waals surface area (Å²) in [6, 6.07) is 12.4. The molecular formula is C25H33N5O5. The average molecular weight is 484 g/mol. The number of nitriles is 1. The molecule has 0 radical (unpaired) electrons. The number of carbonyl (C=O) groups is 2. The zero-order valence-corrected chi connectivity index (χ0v) is 20.0. The Bertz CT molecular complexity index is 996. The van der Waals surface area contributed by atoms with E-state index >= 15 is 0 Å². The van der Waals surface area contributed by atoms with Crippen molar-refractivity contribution in [3.63, 3.8) is 0 Å². The molecule has 1 amide bonds. The number of ether oxygens (including phenoxy) is 1. The molecule has 2 unspecified atom stereocenters. The number of amides is 1. The van der Waals surface area contributed by atoms with Gasteiger partial charge in [0.05, 0.1) is 36.8 Å². The lowest BCUT2D eigenvalue weighted by Gasteiger charge is -2.10. The number of aliphatic imine (C=N–C) groups is 2. The van der Waals surface area contributed by atoms with Gasteiger partial charge in [-0.15, -0.1) is 0 Å². The second-order valence-electron chi connectivity index (χ2n) is 7.57. The van der Waals surface area contributed by atoms with Gasteiger partial charge in [0.15, 0.2) is 5.84 Å². The first-order chi connectivity index (χ1) is 16.9. The Kier molecular flexibility index (Phi) is 13.3. The highest BCUT2D eigenvalue weighted by Gasteiger charge is 2.27. The van der Waals surface area contributed by atoms with Gasteiger partial charge in [-0.3, -0.25) is 9.59 Å². The highest BCUT2D eigenvalue weighted by atomic mass is 16.5. The monoisotopic (exact) mass is 483 g/mol. The number of aliphatic carboxylic acids is 1. The molecule has 2 heterocycles. The van der Waals surface area contributed by atoms with Gasteiger partial charge in [-0.25, -0.2) is 10.3 Å². The fourth-order valence-corrected chi connectivity index (χ4v) is 3.41. The van der Waals surface area contributed by atoms with E-state index < -0.39 is 11.9 Å². The number of carboxylic acid groups (broad SMARTS) is 1. The molecule has 0 saturated carbocycles. The van der Waals surface area contributed by atoms with Crippen molar-refractivity contribution in [2.45, 2.75) is 51.7 Å². The number of hydrogen-bond donors (Lipinski definition) is 4. The molecule has 1 aromatic carbocycles. The fraction of sp³-hybridized carbons (Fsp3) is 0.400. The quantitative estimate of drug-likeness (QED) is 0.344. The number of carbonyl (C=O) groups excluding carboxylic acids is 1. The van der Waals surface area contributed by atoms with E-state index in [1.54, 1.807) is 30.3 Å². The molecule has 188 valence electrons. The second kappa shape index (κ2) is 15.9. The van der Waals surface area contributed by atoms with Crippen LogP contribution in [-0.2, 0) is 9.53 Å². The van der Waals surface area contributed by atoms with Crippen LogP contribution in [0.5, 0.6) is 0 Å². The molecule has 3 rings (SSSR count). The van der Waals surface area contributed by atoms with E-state index in [0.29, 0.717) is 11.3 Å². The predicted octanol–water partition coefficient (Wildman–Crippen LogP) is 3.45. The summed E-state index contributed by atoms with van der Waals surface area (Å²) in [6.07, 6.45) is 3.97. The third-order valence-corrected chi connectivity index (χ3v) is 5.37. The Morgan fingerprint density at radius 2 is 1.86 bits per heavy atom. The van der Waals surface area contributed by atoms with Crippen molar-refractivity contribution < 1.29 is 24.5 Å². The van der Waals surface area contributed by atoms with E-state index in [4.69, 9.17) is 20.8 Å². The van der Waals surface area contributed by atoms with Crippen molar-refractivity contribution in [3.05, 3.63) is 59.4 Å². The largest absolute Gasteiger partial charge is 0.481 e. The van der Waals surface area contributed by atoms with E-state index in [9.17, 15) is 14.7 Å². The van der Waals surface area contributed by atoms with Crippen LogP contribution < -0.4 is 5.73 Å². The Morgan fingerprint density at radius 1 is 1.20 bits per heavy atom. The minimum Gasteiger partial charge on any atom is -0.481 e. The molecule has 0 spiro atoms. The summed E-state index contributed by atoms with van der Waals surface area (Å²) in [5.74, 6) is -0.987. The molecule has 1 aliphatic rings. The number of benzene rings is 1. The number of H-pyrrole nitrogens is 1. The minimum absolute atomic E-state index is 0.0137. The smallest absolute Gasteiger partial charge is 0.306 e. The number of nitrogens with one attached hydrogen (secondary N) is 1. The summed E-state index contributed by atoms with van der Waals surface area (Å²) < 4.78 is 5.75. The third kappa shape index (κ3) is 9.16. The standard InChI is InChI=1S/C18H20N4O3.C6H12O2.CHN/c19-11-20-17(22-18(24)12-4-2-1-3-5-12)15-8-7-14(21-15)16-9-6-13(10-23)25-16;1-3-5(4-2)6(7)8;1-2/h1-5,7-8,11,13,16,21,23H,6,9-10H2,(H2,19,20,22,24);5H,3-4H2,1-2H3,(H,7,8);1H. The normalized spacial score (nSPS) is 17.4. The van der Waals surface area contributed by atoms with Crippen LogP contribution in [0, 0.1) is 17.8 Å². The number of nitrogens with zero attached hydrogens (tertiary/aromatic N) is 3. The van der Waals surface area contributed by atoms with Crippen molar-refractivity contribution in [3.8, 4) is 6.57 Å². The molecular weight excluding hydrogens is 450 g/mol. The topological polar surface area (TPSA) is 174 Å². The Labute approximate surface area is 205 Å². The number of rotatable bonds is 7. The molecule has 5 N–H and O–H groups in total. The third-order valence-electron chi connectivity index (χ3n) is 5.37. The van der Waals surface area contributed by atoms with E-state index in [-0.39, 0.29) is 30.6 Å². The highest BCUT2D eigenvalue weighted by Crippen LogP contribution is 2.32. The van der Waals surface area contributed by atoms with E-state index in [2.05, 4.69) is 21.5 Å². The van der Waals surface area contributed by atoms with Gasteiger partial charge in [0, 0.05) is 17.8 Å². The maximum atomic E-state index is 12.3. The van der Waals surface area contributed by atoms with Crippen molar-refractivity contribution in [2.75, 3.05) is 6.61 Å². The first-order valence-corrected chi connectivity index (χ1v) is 11.3.